The Kier molecular flexibility index (Phi) is 7.88. The molecule has 32 heavy (non-hydrogen) atoms. The van der Waals surface area contributed by atoms with Crippen LogP contribution >= 0.6 is 0 Å². The molecule has 3 rings (SSSR count). The van der Waals surface area contributed by atoms with E-state index in [9.17, 15) is 9.59 Å². The molecule has 8 heteroatoms. The van der Waals surface area contributed by atoms with E-state index in [1.807, 2.05) is 60.7 Å². The Morgan fingerprint density at radius 2 is 1.72 bits per heavy atom. The summed E-state index contributed by atoms with van der Waals surface area (Å²) in [5, 5.41) is 7.70. The lowest BCUT2D eigenvalue weighted by molar-refractivity contribution is -0.127. The molecule has 1 aromatic heterocycles. The second-order valence-electron chi connectivity index (χ2n) is 7.39. The Balaban J connectivity index is 1.74. The molecule has 0 aliphatic rings. The summed E-state index contributed by atoms with van der Waals surface area (Å²) in [4.78, 5) is 29.2. The maximum atomic E-state index is 12.7. The number of nitrogens with one attached hydrogen (secondary N) is 1. The number of aryl methyl sites for hydroxylation is 1. The number of hydrogen-bond donors (Lipinski definition) is 3. The van der Waals surface area contributed by atoms with Gasteiger partial charge < -0.3 is 20.7 Å². The first kappa shape index (κ1) is 22.9. The zero-order chi connectivity index (χ0) is 22.9. The van der Waals surface area contributed by atoms with E-state index in [4.69, 9.17) is 21.3 Å². The normalized spacial score (nSPS) is 11.7. The summed E-state index contributed by atoms with van der Waals surface area (Å²) in [6.45, 7) is 0.228. The molecular formula is C24H27N5O3. The minimum atomic E-state index is -0.584. The fraction of sp³-hybridized carbons (Fsp3) is 0.250. The fourth-order valence-electron chi connectivity index (χ4n) is 3.33. The molecule has 0 unspecified atom stereocenters. The van der Waals surface area contributed by atoms with Crippen LogP contribution in [0.2, 0.25) is 0 Å². The molecule has 1 amide bonds. The van der Waals surface area contributed by atoms with Crippen LogP contribution in [0.5, 0.6) is 0 Å². The van der Waals surface area contributed by atoms with Crippen molar-refractivity contribution < 1.29 is 14.0 Å². The largest absolute Gasteiger partial charge is 0.440 e. The van der Waals surface area contributed by atoms with E-state index in [0.29, 0.717) is 36.5 Å². The molecule has 2 aromatic carbocycles. The van der Waals surface area contributed by atoms with Crippen LogP contribution in [0.15, 0.2) is 65.1 Å². The van der Waals surface area contributed by atoms with Crippen molar-refractivity contribution in [2.75, 3.05) is 6.54 Å². The number of aromatic nitrogens is 1. The highest BCUT2D eigenvalue weighted by molar-refractivity contribution is 5.94. The van der Waals surface area contributed by atoms with Crippen LogP contribution in [0.4, 0.5) is 0 Å². The van der Waals surface area contributed by atoms with Gasteiger partial charge in [-0.15, -0.1) is 0 Å². The van der Waals surface area contributed by atoms with Gasteiger partial charge in [-0.2, -0.15) is 0 Å². The van der Waals surface area contributed by atoms with Gasteiger partial charge in [0.2, 0.25) is 5.91 Å². The molecule has 0 fully saturated rings. The van der Waals surface area contributed by atoms with Crippen LogP contribution in [-0.4, -0.2) is 40.6 Å². The zero-order valence-corrected chi connectivity index (χ0v) is 17.7. The van der Waals surface area contributed by atoms with E-state index in [1.165, 1.54) is 4.90 Å². The van der Waals surface area contributed by atoms with Gasteiger partial charge in [0.15, 0.2) is 17.6 Å². The lowest BCUT2D eigenvalue weighted by atomic mass is 10.1. The summed E-state index contributed by atoms with van der Waals surface area (Å²) in [6.07, 6.45) is 1.91. The standard InChI is InChI=1S/C24H27N5O3/c25-19(16-30)12-7-15-29(24(26)27)21(31)14-13-20-28-22(17-8-3-1-4-9-17)23(32-20)18-10-5-2-6-11-18/h1-6,8-11,16,19H,7,12-15,25H2,(H3,26,27)/t19-/m0/s1. The highest BCUT2D eigenvalue weighted by Crippen LogP contribution is 2.32. The molecule has 0 saturated heterocycles. The van der Waals surface area contributed by atoms with Gasteiger partial charge >= 0.3 is 0 Å². The summed E-state index contributed by atoms with van der Waals surface area (Å²) >= 11 is 0. The van der Waals surface area contributed by atoms with E-state index in [0.717, 1.165) is 11.1 Å². The van der Waals surface area contributed by atoms with Crippen LogP contribution < -0.4 is 11.5 Å². The number of benzene rings is 2. The average Bonchev–Trinajstić information content (AvgIpc) is 3.25. The molecule has 166 valence electrons. The summed E-state index contributed by atoms with van der Waals surface area (Å²) < 4.78 is 6.05. The monoisotopic (exact) mass is 433 g/mol. The lowest BCUT2D eigenvalue weighted by Crippen LogP contribution is -2.42. The Morgan fingerprint density at radius 3 is 2.31 bits per heavy atom. The zero-order valence-electron chi connectivity index (χ0n) is 17.7. The maximum absolute atomic E-state index is 12.7. The summed E-state index contributed by atoms with van der Waals surface area (Å²) in [6, 6.07) is 18.8. The van der Waals surface area contributed by atoms with Crippen molar-refractivity contribution in [2.24, 2.45) is 11.5 Å². The van der Waals surface area contributed by atoms with E-state index in [2.05, 4.69) is 4.98 Å². The third-order valence-electron chi connectivity index (χ3n) is 4.99. The second kappa shape index (κ2) is 11.0. The van der Waals surface area contributed by atoms with E-state index in [-0.39, 0.29) is 31.3 Å². The highest BCUT2D eigenvalue weighted by atomic mass is 16.4. The first-order valence-electron chi connectivity index (χ1n) is 10.5. The van der Waals surface area contributed by atoms with Crippen molar-refractivity contribution in [3.63, 3.8) is 0 Å². The van der Waals surface area contributed by atoms with Crippen molar-refractivity contribution in [1.29, 1.82) is 5.41 Å². The molecule has 5 N–H and O–H groups in total. The van der Waals surface area contributed by atoms with Gasteiger partial charge in [0.05, 0.1) is 6.04 Å². The number of hydrogen-bond acceptors (Lipinski definition) is 6. The van der Waals surface area contributed by atoms with Gasteiger partial charge in [-0.05, 0) is 12.8 Å². The number of carbonyl (C=O) groups excluding carboxylic acids is 2. The van der Waals surface area contributed by atoms with Crippen LogP contribution in [0.1, 0.15) is 25.2 Å². The average molecular weight is 434 g/mol. The molecule has 0 bridgehead atoms. The summed E-state index contributed by atoms with van der Waals surface area (Å²) in [7, 11) is 0. The van der Waals surface area contributed by atoms with Crippen LogP contribution in [0.3, 0.4) is 0 Å². The number of aldehydes is 1. The Hall–Kier alpha value is -3.78. The number of oxazole rings is 1. The number of carbonyl (C=O) groups is 2. The Labute approximate surface area is 186 Å². The quantitative estimate of drug-likeness (QED) is 0.255. The van der Waals surface area contributed by atoms with Crippen LogP contribution in [0.25, 0.3) is 22.6 Å². The van der Waals surface area contributed by atoms with Gasteiger partial charge in [-0.25, -0.2) is 4.98 Å². The third kappa shape index (κ3) is 5.89. The van der Waals surface area contributed by atoms with Gasteiger partial charge in [0.1, 0.15) is 12.0 Å². The number of amides is 1. The summed E-state index contributed by atoms with van der Waals surface area (Å²) in [5.74, 6) is 0.433. The summed E-state index contributed by atoms with van der Waals surface area (Å²) in [5.41, 5.74) is 13.7. The van der Waals surface area contributed by atoms with Gasteiger partial charge in [-0.1, -0.05) is 60.7 Å². The molecule has 0 aliphatic heterocycles. The minimum absolute atomic E-state index is 0.0856. The smallest absolute Gasteiger partial charge is 0.229 e. The van der Waals surface area contributed by atoms with Crippen molar-refractivity contribution >= 4 is 18.2 Å². The predicted molar refractivity (Wildman–Crippen MR) is 123 cm³/mol. The molecular weight excluding hydrogens is 406 g/mol. The topological polar surface area (TPSA) is 139 Å². The Morgan fingerprint density at radius 1 is 1.09 bits per heavy atom. The third-order valence-corrected chi connectivity index (χ3v) is 4.99. The van der Waals surface area contributed by atoms with Crippen LogP contribution in [-0.2, 0) is 16.0 Å². The molecule has 0 spiro atoms. The molecule has 1 heterocycles. The highest BCUT2D eigenvalue weighted by Gasteiger charge is 2.20. The van der Waals surface area contributed by atoms with E-state index < -0.39 is 6.04 Å². The first-order valence-corrected chi connectivity index (χ1v) is 10.5. The Bertz CT molecular complexity index is 993. The van der Waals surface area contributed by atoms with Crippen molar-refractivity contribution in [1.82, 2.24) is 9.88 Å². The molecule has 0 saturated carbocycles. The van der Waals surface area contributed by atoms with Crippen molar-refractivity contribution in [3.8, 4) is 22.6 Å². The minimum Gasteiger partial charge on any atom is -0.440 e. The number of rotatable bonds is 10. The molecule has 8 nitrogen and oxygen atoms in total. The van der Waals surface area contributed by atoms with Gasteiger partial charge in [0, 0.05) is 30.5 Å². The molecule has 0 radical (unpaired) electrons. The molecule has 1 atom stereocenters. The van der Waals surface area contributed by atoms with Crippen LogP contribution in [0, 0.1) is 5.41 Å². The van der Waals surface area contributed by atoms with E-state index >= 15 is 0 Å². The SMILES string of the molecule is N=C(N)N(CCC[C@H](N)C=O)C(=O)CCc1nc(-c2ccccc2)c(-c2ccccc2)o1. The van der Waals surface area contributed by atoms with E-state index in [1.54, 1.807) is 0 Å². The second-order valence-corrected chi connectivity index (χ2v) is 7.39. The predicted octanol–water partition coefficient (Wildman–Crippen LogP) is 2.97. The number of nitrogens with zero attached hydrogens (tertiary/aromatic N) is 2. The molecule has 3 aromatic rings. The maximum Gasteiger partial charge on any atom is 0.229 e. The van der Waals surface area contributed by atoms with Crippen molar-refractivity contribution in [3.05, 3.63) is 66.6 Å². The van der Waals surface area contributed by atoms with Gasteiger partial charge in [-0.3, -0.25) is 15.1 Å². The fourth-order valence-corrected chi connectivity index (χ4v) is 3.33. The molecule has 0 aliphatic carbocycles. The first-order chi connectivity index (χ1) is 15.5. The lowest BCUT2D eigenvalue weighted by Gasteiger charge is -2.20. The van der Waals surface area contributed by atoms with Gasteiger partial charge in [0.25, 0.3) is 0 Å². The number of nitrogens with two attached hydrogens (primary N) is 2. The number of guanidine groups is 1. The van der Waals surface area contributed by atoms with Crippen molar-refractivity contribution in [2.45, 2.75) is 31.7 Å².